The van der Waals surface area contributed by atoms with Crippen LogP contribution in [0, 0.1) is 11.8 Å². The lowest BCUT2D eigenvalue weighted by Crippen LogP contribution is -2.54. The molecule has 2 N–H and O–H groups in total. The molecule has 2 saturated heterocycles. The molecule has 5 amide bonds. The van der Waals surface area contributed by atoms with Crippen LogP contribution in [0.1, 0.15) is 72.7 Å². The number of imide groups is 2. The first-order valence-corrected chi connectivity index (χ1v) is 12.1. The van der Waals surface area contributed by atoms with Crippen molar-refractivity contribution < 1.29 is 28.7 Å². The number of carbonyl (C=O) groups excluding carboxylic acids is 5. The molecule has 2 fully saturated rings. The van der Waals surface area contributed by atoms with Crippen molar-refractivity contribution in [1.29, 1.82) is 0 Å². The summed E-state index contributed by atoms with van der Waals surface area (Å²) in [5.41, 5.74) is 0.302. The van der Waals surface area contributed by atoms with Gasteiger partial charge in [-0.1, -0.05) is 17.9 Å². The van der Waals surface area contributed by atoms with Gasteiger partial charge >= 0.3 is 6.09 Å². The number of hydrogen-bond acceptors (Lipinski definition) is 7. The highest BCUT2D eigenvalue weighted by atomic mass is 16.6. The summed E-state index contributed by atoms with van der Waals surface area (Å²) in [6.07, 6.45) is 1.31. The molecule has 0 bridgehead atoms. The van der Waals surface area contributed by atoms with Crippen LogP contribution in [-0.2, 0) is 14.3 Å². The van der Waals surface area contributed by atoms with Crippen molar-refractivity contribution in [2.75, 3.05) is 19.6 Å². The van der Waals surface area contributed by atoms with Crippen molar-refractivity contribution in [3.63, 3.8) is 0 Å². The second-order valence-corrected chi connectivity index (χ2v) is 10.2. The topological polar surface area (TPSA) is 125 Å². The minimum atomic E-state index is -1.01. The molecule has 0 aliphatic carbocycles. The van der Waals surface area contributed by atoms with E-state index < -0.39 is 41.4 Å². The number of likely N-dealkylation sites (tertiary alicyclic amines) is 1. The molecule has 0 saturated carbocycles. The summed E-state index contributed by atoms with van der Waals surface area (Å²) in [6.45, 7) is 7.46. The number of fused-ring (bicyclic) bond motifs is 1. The van der Waals surface area contributed by atoms with Gasteiger partial charge in [-0.25, -0.2) is 4.79 Å². The van der Waals surface area contributed by atoms with Crippen molar-refractivity contribution in [1.82, 2.24) is 20.4 Å². The summed E-state index contributed by atoms with van der Waals surface area (Å²) in [6, 6.07) is 3.93. The summed E-state index contributed by atoms with van der Waals surface area (Å²) in [4.78, 5) is 64.9. The normalized spacial score (nSPS) is 21.0. The molecule has 36 heavy (non-hydrogen) atoms. The molecular weight excluding hydrogens is 464 g/mol. The van der Waals surface area contributed by atoms with Crippen LogP contribution in [0.25, 0.3) is 0 Å². The number of benzene rings is 1. The maximum atomic E-state index is 13.1. The quantitative estimate of drug-likeness (QED) is 0.481. The highest BCUT2D eigenvalue weighted by Gasteiger charge is 2.45. The predicted molar refractivity (Wildman–Crippen MR) is 129 cm³/mol. The molecule has 3 aliphatic heterocycles. The van der Waals surface area contributed by atoms with Gasteiger partial charge in [0.05, 0.1) is 17.7 Å². The van der Waals surface area contributed by atoms with E-state index in [1.165, 1.54) is 0 Å². The summed E-state index contributed by atoms with van der Waals surface area (Å²) < 4.78 is 5.31. The van der Waals surface area contributed by atoms with Crippen LogP contribution < -0.4 is 10.6 Å². The zero-order chi connectivity index (χ0) is 26.0. The molecule has 0 spiro atoms. The molecule has 0 aromatic heterocycles. The van der Waals surface area contributed by atoms with Crippen LogP contribution in [0.4, 0.5) is 4.79 Å². The van der Waals surface area contributed by atoms with Crippen LogP contribution in [0.15, 0.2) is 18.2 Å². The Bertz CT molecular complexity index is 1170. The Morgan fingerprint density at radius 1 is 1.11 bits per heavy atom. The third-order valence-electron chi connectivity index (χ3n) is 6.30. The average Bonchev–Trinajstić information content (AvgIpc) is 3.05. The van der Waals surface area contributed by atoms with E-state index in [-0.39, 0.29) is 30.0 Å². The van der Waals surface area contributed by atoms with Crippen molar-refractivity contribution in [2.24, 2.45) is 0 Å². The van der Waals surface area contributed by atoms with E-state index in [1.807, 2.05) is 20.8 Å². The Kier molecular flexibility index (Phi) is 7.13. The lowest BCUT2D eigenvalue weighted by Gasteiger charge is -2.31. The van der Waals surface area contributed by atoms with Gasteiger partial charge in [0.15, 0.2) is 0 Å². The number of amides is 5. The van der Waals surface area contributed by atoms with E-state index in [4.69, 9.17) is 4.74 Å². The minimum Gasteiger partial charge on any atom is -0.444 e. The second kappa shape index (κ2) is 10.1. The number of piperidine rings is 2. The van der Waals surface area contributed by atoms with Crippen molar-refractivity contribution in [2.45, 2.75) is 64.1 Å². The van der Waals surface area contributed by atoms with Gasteiger partial charge in [-0.05, 0) is 52.2 Å². The maximum Gasteiger partial charge on any atom is 0.407 e. The molecule has 190 valence electrons. The van der Waals surface area contributed by atoms with Crippen LogP contribution in [0.5, 0.6) is 0 Å². The smallest absolute Gasteiger partial charge is 0.407 e. The van der Waals surface area contributed by atoms with Gasteiger partial charge in [-0.2, -0.15) is 0 Å². The Balaban J connectivity index is 1.37. The lowest BCUT2D eigenvalue weighted by molar-refractivity contribution is -0.136. The van der Waals surface area contributed by atoms with E-state index >= 15 is 0 Å². The fourth-order valence-corrected chi connectivity index (χ4v) is 4.58. The highest BCUT2D eigenvalue weighted by Crippen LogP contribution is 2.29. The molecule has 1 aromatic rings. The van der Waals surface area contributed by atoms with Crippen LogP contribution in [0.3, 0.4) is 0 Å². The van der Waals surface area contributed by atoms with E-state index in [2.05, 4.69) is 27.4 Å². The first kappa shape index (κ1) is 25.4. The van der Waals surface area contributed by atoms with E-state index in [1.54, 1.807) is 18.2 Å². The largest absolute Gasteiger partial charge is 0.444 e. The monoisotopic (exact) mass is 494 g/mol. The Morgan fingerprint density at radius 2 is 1.83 bits per heavy atom. The van der Waals surface area contributed by atoms with Crippen molar-refractivity contribution in [3.8, 4) is 11.8 Å². The third-order valence-corrected chi connectivity index (χ3v) is 6.30. The molecule has 10 heteroatoms. The molecular formula is C26H30N4O6. The minimum absolute atomic E-state index is 0.0448. The fourth-order valence-electron chi connectivity index (χ4n) is 4.58. The van der Waals surface area contributed by atoms with Gasteiger partial charge in [0.1, 0.15) is 11.6 Å². The van der Waals surface area contributed by atoms with Crippen molar-refractivity contribution >= 4 is 29.7 Å². The van der Waals surface area contributed by atoms with Gasteiger partial charge < -0.3 is 10.1 Å². The summed E-state index contributed by atoms with van der Waals surface area (Å²) >= 11 is 0. The van der Waals surface area contributed by atoms with Gasteiger partial charge in [0, 0.05) is 31.1 Å². The molecule has 0 radical (unpaired) electrons. The Morgan fingerprint density at radius 3 is 2.50 bits per heavy atom. The van der Waals surface area contributed by atoms with E-state index in [0.717, 1.165) is 30.8 Å². The Labute approximate surface area is 209 Å². The van der Waals surface area contributed by atoms with Crippen molar-refractivity contribution in [3.05, 3.63) is 34.9 Å². The van der Waals surface area contributed by atoms with Gasteiger partial charge in [-0.15, -0.1) is 0 Å². The lowest BCUT2D eigenvalue weighted by atomic mass is 10.0. The summed E-state index contributed by atoms with van der Waals surface area (Å²) in [5, 5.41) is 5.10. The molecule has 1 atom stereocenters. The fraction of sp³-hybridized carbons (Fsp3) is 0.500. The molecule has 3 heterocycles. The van der Waals surface area contributed by atoms with E-state index in [0.29, 0.717) is 12.1 Å². The van der Waals surface area contributed by atoms with Gasteiger partial charge in [-0.3, -0.25) is 34.3 Å². The SMILES string of the molecule is CC(C)(C)OC(=O)NC1CCN(CC#Cc2cccc3c2C(=O)N(C2CCC(=O)NC2=O)C3=O)CC1. The molecule has 10 nitrogen and oxygen atoms in total. The number of ether oxygens (including phenoxy) is 1. The number of rotatable bonds is 3. The van der Waals surface area contributed by atoms with Gasteiger partial charge in [0.2, 0.25) is 11.8 Å². The van der Waals surface area contributed by atoms with Crippen LogP contribution in [0.2, 0.25) is 0 Å². The number of carbonyl (C=O) groups is 5. The molecule has 1 aromatic carbocycles. The van der Waals surface area contributed by atoms with Crippen LogP contribution in [-0.4, -0.2) is 76.8 Å². The summed E-state index contributed by atoms with van der Waals surface area (Å²) in [5.74, 6) is 3.94. The molecule has 1 unspecified atom stereocenters. The van der Waals surface area contributed by atoms with Gasteiger partial charge in [0.25, 0.3) is 11.8 Å². The first-order valence-electron chi connectivity index (χ1n) is 12.1. The first-order chi connectivity index (χ1) is 17.0. The average molecular weight is 495 g/mol. The molecule has 3 aliphatic rings. The van der Waals surface area contributed by atoms with Crippen LogP contribution >= 0.6 is 0 Å². The Hall–Kier alpha value is -3.71. The van der Waals surface area contributed by atoms with E-state index in [9.17, 15) is 24.0 Å². The number of alkyl carbamates (subject to hydrolysis) is 1. The zero-order valence-corrected chi connectivity index (χ0v) is 20.7. The number of hydrogen-bond donors (Lipinski definition) is 2. The number of nitrogens with zero attached hydrogens (tertiary/aromatic N) is 2. The maximum absolute atomic E-state index is 13.1. The molecule has 4 rings (SSSR count). The number of nitrogens with one attached hydrogen (secondary N) is 2. The third kappa shape index (κ3) is 5.57. The predicted octanol–water partition coefficient (Wildman–Crippen LogP) is 1.43. The highest BCUT2D eigenvalue weighted by molar-refractivity contribution is 6.24. The second-order valence-electron chi connectivity index (χ2n) is 10.2. The summed E-state index contributed by atoms with van der Waals surface area (Å²) in [7, 11) is 0. The standard InChI is InChI=1S/C26H30N4O6/c1-26(2,3)36-25(35)27-17-11-14-29(15-12-17)13-5-7-16-6-4-8-18-21(16)24(34)30(23(18)33)19-9-10-20(31)28-22(19)32/h4,6,8,17,19H,9-15H2,1-3H3,(H,27,35)(H,28,31,32). The zero-order valence-electron chi connectivity index (χ0n) is 20.7.